The van der Waals surface area contributed by atoms with Gasteiger partial charge in [-0.15, -0.1) is 0 Å². The molecular formula is C15H15N5O. The Morgan fingerprint density at radius 2 is 2.33 bits per heavy atom. The van der Waals surface area contributed by atoms with Gasteiger partial charge in [-0.1, -0.05) is 0 Å². The molecule has 1 aliphatic heterocycles. The van der Waals surface area contributed by atoms with Gasteiger partial charge in [0.2, 0.25) is 0 Å². The zero-order chi connectivity index (χ0) is 14.4. The number of carbonyl (C=O) groups is 1. The third-order valence-electron chi connectivity index (χ3n) is 4.47. The fraction of sp³-hybridized carbons (Fsp3) is 0.400. The fourth-order valence-electron chi connectivity index (χ4n) is 3.44. The molecule has 3 unspecified atom stereocenters. The van der Waals surface area contributed by atoms with Crippen LogP contribution in [0.5, 0.6) is 0 Å². The van der Waals surface area contributed by atoms with Crippen molar-refractivity contribution in [3.05, 3.63) is 35.8 Å². The highest BCUT2D eigenvalue weighted by Gasteiger charge is 2.40. The minimum absolute atomic E-state index is 0.0662. The van der Waals surface area contributed by atoms with Crippen LogP contribution in [0.25, 0.3) is 5.65 Å². The van der Waals surface area contributed by atoms with Crippen molar-refractivity contribution in [1.82, 2.24) is 20.0 Å². The Morgan fingerprint density at radius 3 is 3.05 bits per heavy atom. The number of aromatic nitrogens is 2. The molecule has 106 valence electrons. The van der Waals surface area contributed by atoms with E-state index in [-0.39, 0.29) is 11.9 Å². The first-order chi connectivity index (χ1) is 10.2. The van der Waals surface area contributed by atoms with Crippen LogP contribution in [0.4, 0.5) is 0 Å². The standard InChI is InChI=1S/C15H15N5O/c16-5-11-8-20-7-10(1-2-14(20)18-11)15(21)19-13-4-9-3-12(13)17-6-9/h1-2,7-9,12-13,17H,3-4,6H2,(H,19,21). The molecule has 6 heteroatoms. The average Bonchev–Trinajstić information content (AvgIpc) is 3.20. The third-order valence-corrected chi connectivity index (χ3v) is 4.47. The van der Waals surface area contributed by atoms with E-state index in [1.54, 1.807) is 28.9 Å². The van der Waals surface area contributed by atoms with E-state index in [9.17, 15) is 4.79 Å². The van der Waals surface area contributed by atoms with Gasteiger partial charge in [-0.3, -0.25) is 4.79 Å². The van der Waals surface area contributed by atoms with Gasteiger partial charge in [0.25, 0.3) is 5.91 Å². The summed E-state index contributed by atoms with van der Waals surface area (Å²) in [5.41, 5.74) is 1.61. The maximum atomic E-state index is 12.4. The summed E-state index contributed by atoms with van der Waals surface area (Å²) in [6, 6.07) is 6.15. The Balaban J connectivity index is 1.55. The normalized spacial score (nSPS) is 26.9. The highest BCUT2D eigenvalue weighted by atomic mass is 16.1. The molecule has 1 amide bonds. The second-order valence-corrected chi connectivity index (χ2v) is 5.85. The molecule has 1 saturated carbocycles. The van der Waals surface area contributed by atoms with E-state index in [0.29, 0.717) is 28.9 Å². The number of hydrogen-bond acceptors (Lipinski definition) is 4. The van der Waals surface area contributed by atoms with E-state index in [0.717, 1.165) is 19.4 Å². The quantitative estimate of drug-likeness (QED) is 0.848. The zero-order valence-corrected chi connectivity index (χ0v) is 11.4. The van der Waals surface area contributed by atoms with Crippen LogP contribution in [0.15, 0.2) is 24.5 Å². The molecule has 2 N–H and O–H groups in total. The number of hydrogen-bond donors (Lipinski definition) is 2. The number of carbonyl (C=O) groups excluding carboxylic acids is 1. The maximum absolute atomic E-state index is 12.4. The van der Waals surface area contributed by atoms with Crippen molar-refractivity contribution in [1.29, 1.82) is 5.26 Å². The lowest BCUT2D eigenvalue weighted by Crippen LogP contribution is -2.47. The molecule has 2 aliphatic rings. The van der Waals surface area contributed by atoms with E-state index in [1.165, 1.54) is 0 Å². The molecule has 2 fully saturated rings. The van der Waals surface area contributed by atoms with Gasteiger partial charge in [-0.25, -0.2) is 4.98 Å². The van der Waals surface area contributed by atoms with Crippen molar-refractivity contribution in [2.75, 3.05) is 6.54 Å². The van der Waals surface area contributed by atoms with Gasteiger partial charge in [-0.05, 0) is 37.4 Å². The van der Waals surface area contributed by atoms with Crippen LogP contribution in [-0.4, -0.2) is 33.9 Å². The Bertz CT molecular complexity index is 759. The Morgan fingerprint density at radius 1 is 1.43 bits per heavy atom. The Hall–Kier alpha value is -2.39. The summed E-state index contributed by atoms with van der Waals surface area (Å²) in [5.74, 6) is 0.637. The van der Waals surface area contributed by atoms with Crippen LogP contribution >= 0.6 is 0 Å². The van der Waals surface area contributed by atoms with Gasteiger partial charge < -0.3 is 15.0 Å². The zero-order valence-electron chi connectivity index (χ0n) is 11.4. The average molecular weight is 281 g/mol. The topological polar surface area (TPSA) is 82.2 Å². The molecule has 3 atom stereocenters. The molecule has 0 aromatic carbocycles. The number of rotatable bonds is 2. The summed E-state index contributed by atoms with van der Waals surface area (Å²) < 4.78 is 1.71. The van der Waals surface area contributed by atoms with Crippen molar-refractivity contribution >= 4 is 11.6 Å². The molecule has 2 aromatic rings. The number of fused-ring (bicyclic) bond motifs is 3. The second-order valence-electron chi connectivity index (χ2n) is 5.85. The van der Waals surface area contributed by atoms with E-state index >= 15 is 0 Å². The summed E-state index contributed by atoms with van der Waals surface area (Å²) in [4.78, 5) is 16.5. The summed E-state index contributed by atoms with van der Waals surface area (Å²) >= 11 is 0. The van der Waals surface area contributed by atoms with Crippen molar-refractivity contribution in [3.8, 4) is 6.07 Å². The van der Waals surface area contributed by atoms with Gasteiger partial charge in [0.05, 0.1) is 5.56 Å². The number of nitrogens with zero attached hydrogens (tertiary/aromatic N) is 3. The minimum atomic E-state index is -0.0662. The van der Waals surface area contributed by atoms with E-state index < -0.39 is 0 Å². The van der Waals surface area contributed by atoms with E-state index in [1.807, 2.05) is 6.07 Å². The fourth-order valence-corrected chi connectivity index (χ4v) is 3.44. The number of imidazole rings is 1. The van der Waals surface area contributed by atoms with Crippen LogP contribution in [0.2, 0.25) is 0 Å². The molecule has 3 heterocycles. The predicted molar refractivity (Wildman–Crippen MR) is 75.7 cm³/mol. The van der Waals surface area contributed by atoms with Crippen LogP contribution in [0.3, 0.4) is 0 Å². The molecular weight excluding hydrogens is 266 g/mol. The van der Waals surface area contributed by atoms with Crippen molar-refractivity contribution in [3.63, 3.8) is 0 Å². The van der Waals surface area contributed by atoms with Gasteiger partial charge in [-0.2, -0.15) is 5.26 Å². The Kier molecular flexibility index (Phi) is 2.69. The van der Waals surface area contributed by atoms with Gasteiger partial charge in [0, 0.05) is 24.5 Å². The number of pyridine rings is 1. The van der Waals surface area contributed by atoms with Crippen molar-refractivity contribution in [2.24, 2.45) is 5.92 Å². The van der Waals surface area contributed by atoms with E-state index in [2.05, 4.69) is 15.6 Å². The number of nitrogens with one attached hydrogen (secondary N) is 2. The first-order valence-corrected chi connectivity index (χ1v) is 7.16. The predicted octanol–water partition coefficient (Wildman–Crippen LogP) is 0.686. The highest BCUT2D eigenvalue weighted by molar-refractivity contribution is 5.94. The number of nitriles is 1. The molecule has 2 aromatic heterocycles. The Labute approximate surface area is 121 Å². The van der Waals surface area contributed by atoms with Crippen LogP contribution in [0, 0.1) is 17.2 Å². The molecule has 1 aliphatic carbocycles. The minimum Gasteiger partial charge on any atom is -0.348 e. The first-order valence-electron chi connectivity index (χ1n) is 7.16. The lowest BCUT2D eigenvalue weighted by atomic mass is 10.1. The molecule has 0 radical (unpaired) electrons. The third kappa shape index (κ3) is 2.06. The van der Waals surface area contributed by atoms with Gasteiger partial charge >= 0.3 is 0 Å². The highest BCUT2D eigenvalue weighted by Crippen LogP contribution is 2.31. The summed E-state index contributed by atoms with van der Waals surface area (Å²) in [6.45, 7) is 1.08. The number of piperidine rings is 1. The van der Waals surface area contributed by atoms with Crippen molar-refractivity contribution in [2.45, 2.75) is 24.9 Å². The lowest BCUT2D eigenvalue weighted by molar-refractivity contribution is 0.0928. The molecule has 0 spiro atoms. The summed E-state index contributed by atoms with van der Waals surface area (Å²) in [7, 11) is 0. The monoisotopic (exact) mass is 281 g/mol. The SMILES string of the molecule is N#Cc1cn2cc(C(=O)NC3CC4CNC3C4)ccc2n1. The van der Waals surface area contributed by atoms with Crippen LogP contribution in [-0.2, 0) is 0 Å². The van der Waals surface area contributed by atoms with Crippen LogP contribution < -0.4 is 10.6 Å². The smallest absolute Gasteiger partial charge is 0.253 e. The molecule has 4 rings (SSSR count). The second kappa shape index (κ2) is 4.57. The lowest BCUT2D eigenvalue weighted by Gasteiger charge is -2.23. The molecule has 1 saturated heterocycles. The summed E-state index contributed by atoms with van der Waals surface area (Å²) in [5, 5.41) is 15.4. The number of amides is 1. The summed E-state index contributed by atoms with van der Waals surface area (Å²) in [6.07, 6.45) is 5.58. The van der Waals surface area contributed by atoms with Gasteiger partial charge in [0.1, 0.15) is 11.7 Å². The maximum Gasteiger partial charge on any atom is 0.253 e. The van der Waals surface area contributed by atoms with E-state index in [4.69, 9.17) is 5.26 Å². The molecule has 2 bridgehead atoms. The van der Waals surface area contributed by atoms with Gasteiger partial charge in [0.15, 0.2) is 5.69 Å². The largest absolute Gasteiger partial charge is 0.348 e. The van der Waals surface area contributed by atoms with Crippen molar-refractivity contribution < 1.29 is 4.79 Å². The van der Waals surface area contributed by atoms with Crippen LogP contribution in [0.1, 0.15) is 28.9 Å². The molecule has 21 heavy (non-hydrogen) atoms. The molecule has 6 nitrogen and oxygen atoms in total. The first kappa shape index (κ1) is 12.4.